The topological polar surface area (TPSA) is 124 Å². The van der Waals surface area contributed by atoms with Gasteiger partial charge in [-0.05, 0) is 12.1 Å². The van der Waals surface area contributed by atoms with Crippen LogP contribution in [0.2, 0.25) is 0 Å². The average molecular weight is 545 g/mol. The van der Waals surface area contributed by atoms with E-state index in [9.17, 15) is 35.1 Å². The van der Waals surface area contributed by atoms with Crippen molar-refractivity contribution < 1.29 is 40.2 Å². The number of aliphatic hydroxyl groups is 1. The normalized spacial score (nSPS) is 11.6. The molecule has 0 aliphatic heterocycles. The number of hydrogen-bond acceptors (Lipinski definition) is 8. The number of hydrogen-bond donors (Lipinski definition) is 2. The number of pyridine rings is 2. The minimum Gasteiger partial charge on any atom is -0.396 e. The van der Waals surface area contributed by atoms with Gasteiger partial charge in [-0.15, -0.1) is 0 Å². The van der Waals surface area contributed by atoms with Crippen LogP contribution >= 0.6 is 0 Å². The average Bonchev–Trinajstić information content (AvgIpc) is 2.84. The van der Waals surface area contributed by atoms with Gasteiger partial charge in [0.1, 0.15) is 11.6 Å². The Balaban J connectivity index is 0.000000212. The van der Waals surface area contributed by atoms with Gasteiger partial charge in [-0.2, -0.15) is 26.3 Å². The van der Waals surface area contributed by atoms with Crippen LogP contribution in [0.1, 0.15) is 17.1 Å². The molecule has 200 valence electrons. The van der Waals surface area contributed by atoms with E-state index in [1.165, 1.54) is 12.4 Å². The van der Waals surface area contributed by atoms with Crippen LogP contribution in [0, 0.1) is 11.6 Å². The van der Waals surface area contributed by atoms with Gasteiger partial charge in [-0.1, -0.05) is 0 Å². The molecule has 8 nitrogen and oxygen atoms in total. The molecule has 0 aliphatic carbocycles. The van der Waals surface area contributed by atoms with E-state index in [-0.39, 0.29) is 34.6 Å². The third kappa shape index (κ3) is 7.12. The molecule has 0 spiro atoms. The van der Waals surface area contributed by atoms with Gasteiger partial charge >= 0.3 is 12.4 Å². The van der Waals surface area contributed by atoms with Crippen molar-refractivity contribution in [3.8, 4) is 22.5 Å². The van der Waals surface area contributed by atoms with Gasteiger partial charge in [0, 0.05) is 36.5 Å². The molecule has 0 saturated carbocycles. The van der Waals surface area contributed by atoms with E-state index in [1.54, 1.807) is 0 Å². The first kappa shape index (κ1) is 28.2. The Morgan fingerprint density at radius 1 is 0.684 bits per heavy atom. The summed E-state index contributed by atoms with van der Waals surface area (Å²) in [4.78, 5) is 20.9. The molecule has 4 heterocycles. The molecule has 4 rings (SSSR count). The molecule has 0 aliphatic rings. The van der Waals surface area contributed by atoms with Crippen molar-refractivity contribution in [2.75, 3.05) is 12.3 Å². The van der Waals surface area contributed by atoms with Crippen molar-refractivity contribution >= 4 is 5.82 Å². The Labute approximate surface area is 208 Å². The number of nitrogens with zero attached hydrogens (tertiary/aromatic N) is 6. The second-order valence-electron chi connectivity index (χ2n) is 7.29. The highest BCUT2D eigenvalue weighted by atomic mass is 19.4. The van der Waals surface area contributed by atoms with Crippen LogP contribution in [0.5, 0.6) is 0 Å². The Morgan fingerprint density at radius 2 is 1.16 bits per heavy atom. The quantitative estimate of drug-likeness (QED) is 0.359. The molecular formula is C22H15F8N7O. The SMILES string of the molecule is Nc1ncc(-c2cncc(F)c2)nc1C(F)(F)F.OCCc1ncc(-c2cncc(F)c2)nc1C(F)(F)F. The number of nitrogen functional groups attached to an aromatic ring is 1. The molecule has 0 aromatic carbocycles. The first-order chi connectivity index (χ1) is 17.8. The summed E-state index contributed by atoms with van der Waals surface area (Å²) in [5, 5.41) is 8.74. The second kappa shape index (κ2) is 11.4. The van der Waals surface area contributed by atoms with Crippen LogP contribution in [0.25, 0.3) is 22.5 Å². The lowest BCUT2D eigenvalue weighted by molar-refractivity contribution is -0.142. The lowest BCUT2D eigenvalue weighted by atomic mass is 10.2. The van der Waals surface area contributed by atoms with Crippen LogP contribution in [-0.4, -0.2) is 41.6 Å². The number of nitrogens with two attached hydrogens (primary N) is 1. The van der Waals surface area contributed by atoms with Gasteiger partial charge < -0.3 is 10.8 Å². The number of aliphatic hydroxyl groups excluding tert-OH is 1. The molecule has 0 atom stereocenters. The van der Waals surface area contributed by atoms with Gasteiger partial charge in [-0.3, -0.25) is 15.0 Å². The molecular weight excluding hydrogens is 530 g/mol. The van der Waals surface area contributed by atoms with Crippen molar-refractivity contribution in [2.45, 2.75) is 18.8 Å². The standard InChI is InChI=1S/C12H9F4N3O.C10H6F4N4/c13-8-3-7(4-17-5-8)10-6-18-9(1-2-20)11(19-10)12(14,15)16;11-6-1-5(2-16-3-6)7-4-17-9(15)8(18-7)10(12,13)14/h3-6,20H,1-2H2;1-4H,(H2,15,17). The van der Waals surface area contributed by atoms with Crippen LogP contribution in [0.3, 0.4) is 0 Å². The zero-order valence-corrected chi connectivity index (χ0v) is 18.8. The summed E-state index contributed by atoms with van der Waals surface area (Å²) in [6.45, 7) is -0.474. The van der Waals surface area contributed by atoms with Gasteiger partial charge in [0.15, 0.2) is 17.2 Å². The van der Waals surface area contributed by atoms with E-state index in [2.05, 4.69) is 29.9 Å². The molecule has 0 bridgehead atoms. The second-order valence-corrected chi connectivity index (χ2v) is 7.29. The highest BCUT2D eigenvalue weighted by molar-refractivity contribution is 5.59. The number of alkyl halides is 6. The summed E-state index contributed by atoms with van der Waals surface area (Å²) in [6, 6.07) is 2.02. The van der Waals surface area contributed by atoms with Gasteiger partial charge in [0.25, 0.3) is 0 Å². The Hall–Kier alpha value is -4.34. The molecule has 0 unspecified atom stereocenters. The number of rotatable bonds is 4. The largest absolute Gasteiger partial charge is 0.437 e. The van der Waals surface area contributed by atoms with E-state index in [0.29, 0.717) is 0 Å². The van der Waals surface area contributed by atoms with E-state index in [1.807, 2.05) is 0 Å². The first-order valence-electron chi connectivity index (χ1n) is 10.2. The zero-order valence-electron chi connectivity index (χ0n) is 18.8. The fourth-order valence-electron chi connectivity index (χ4n) is 2.92. The lowest BCUT2D eigenvalue weighted by Gasteiger charge is -2.11. The minimum absolute atomic E-state index is 0.0907. The molecule has 0 amide bonds. The van der Waals surface area contributed by atoms with Crippen LogP contribution in [0.4, 0.5) is 40.9 Å². The molecule has 16 heteroatoms. The van der Waals surface area contributed by atoms with Crippen molar-refractivity contribution in [2.24, 2.45) is 0 Å². The molecule has 4 aromatic rings. The number of halogens is 8. The third-order valence-electron chi connectivity index (χ3n) is 4.54. The zero-order chi connectivity index (χ0) is 28.1. The van der Waals surface area contributed by atoms with Crippen molar-refractivity contribution in [3.63, 3.8) is 0 Å². The molecule has 3 N–H and O–H groups in total. The third-order valence-corrected chi connectivity index (χ3v) is 4.54. The van der Waals surface area contributed by atoms with Crippen molar-refractivity contribution in [3.05, 3.63) is 78.0 Å². The van der Waals surface area contributed by atoms with E-state index in [0.717, 1.165) is 36.9 Å². The van der Waals surface area contributed by atoms with Crippen LogP contribution < -0.4 is 5.73 Å². The highest BCUT2D eigenvalue weighted by Gasteiger charge is 2.37. The fourth-order valence-corrected chi connectivity index (χ4v) is 2.92. The van der Waals surface area contributed by atoms with Crippen LogP contribution in [0.15, 0.2) is 49.3 Å². The van der Waals surface area contributed by atoms with E-state index < -0.39 is 47.8 Å². The van der Waals surface area contributed by atoms with Gasteiger partial charge in [0.2, 0.25) is 0 Å². The summed E-state index contributed by atoms with van der Waals surface area (Å²) in [7, 11) is 0. The molecule has 38 heavy (non-hydrogen) atoms. The summed E-state index contributed by atoms with van der Waals surface area (Å²) >= 11 is 0. The molecule has 0 saturated heterocycles. The summed E-state index contributed by atoms with van der Waals surface area (Å²) in [6.07, 6.45) is -3.31. The summed E-state index contributed by atoms with van der Waals surface area (Å²) < 4.78 is 102. The Morgan fingerprint density at radius 3 is 1.61 bits per heavy atom. The van der Waals surface area contributed by atoms with Crippen LogP contribution in [-0.2, 0) is 18.8 Å². The smallest absolute Gasteiger partial charge is 0.396 e. The number of anilines is 1. The van der Waals surface area contributed by atoms with Gasteiger partial charge in [-0.25, -0.2) is 23.7 Å². The predicted octanol–water partition coefficient (Wildman–Crippen LogP) is 4.51. The summed E-state index contributed by atoms with van der Waals surface area (Å²) in [5.74, 6) is -2.09. The maximum absolute atomic E-state index is 13.0. The summed E-state index contributed by atoms with van der Waals surface area (Å²) in [5.41, 5.74) is 2.16. The fraction of sp³-hybridized carbons (Fsp3) is 0.182. The predicted molar refractivity (Wildman–Crippen MR) is 116 cm³/mol. The van der Waals surface area contributed by atoms with E-state index in [4.69, 9.17) is 10.8 Å². The molecule has 0 fully saturated rings. The minimum atomic E-state index is -4.71. The Bertz CT molecular complexity index is 1410. The maximum Gasteiger partial charge on any atom is 0.437 e. The van der Waals surface area contributed by atoms with Gasteiger partial charge in [0.05, 0.1) is 41.9 Å². The van der Waals surface area contributed by atoms with E-state index >= 15 is 0 Å². The Kier molecular flexibility index (Phi) is 8.45. The monoisotopic (exact) mass is 545 g/mol. The van der Waals surface area contributed by atoms with Crippen molar-refractivity contribution in [1.29, 1.82) is 0 Å². The highest BCUT2D eigenvalue weighted by Crippen LogP contribution is 2.33. The molecule has 4 aromatic heterocycles. The maximum atomic E-state index is 13.0. The lowest BCUT2D eigenvalue weighted by Crippen LogP contribution is -2.15. The molecule has 0 radical (unpaired) electrons. The number of aromatic nitrogens is 6. The van der Waals surface area contributed by atoms with Crippen molar-refractivity contribution in [1.82, 2.24) is 29.9 Å². The first-order valence-corrected chi connectivity index (χ1v) is 10.2.